The molecule has 0 atom stereocenters. The molecule has 0 spiro atoms. The van der Waals surface area contributed by atoms with Gasteiger partial charge in [0, 0.05) is 26.0 Å². The Morgan fingerprint density at radius 1 is 1.18 bits per heavy atom. The Morgan fingerprint density at radius 2 is 2.00 bits per heavy atom. The smallest absolute Gasteiger partial charge is 0.257 e. The van der Waals surface area contributed by atoms with E-state index >= 15 is 0 Å². The Balaban J connectivity index is 1.78. The lowest BCUT2D eigenvalue weighted by molar-refractivity contribution is 0.102. The van der Waals surface area contributed by atoms with E-state index in [0.29, 0.717) is 15.7 Å². The number of carbonyl (C=O) groups is 1. The van der Waals surface area contributed by atoms with E-state index in [1.54, 1.807) is 24.3 Å². The van der Waals surface area contributed by atoms with Crippen molar-refractivity contribution in [1.29, 1.82) is 0 Å². The van der Waals surface area contributed by atoms with Gasteiger partial charge in [-0.05, 0) is 30.3 Å². The Bertz CT molecular complexity index is 834. The van der Waals surface area contributed by atoms with E-state index in [1.807, 2.05) is 29.6 Å². The zero-order valence-electron chi connectivity index (χ0n) is 11.2. The standard InChI is InChI=1S/C16H10BrClN2OS/c17-12-5-1-3-10(7-12)14-9-22-16(19-14)20-15(21)11-4-2-6-13(18)8-11/h1-9H,(H,19,20,21). The van der Waals surface area contributed by atoms with Crippen LogP contribution in [0.25, 0.3) is 11.3 Å². The SMILES string of the molecule is O=C(Nc1nc(-c2cccc(Br)c2)cs1)c1cccc(Cl)c1. The second-order valence-corrected chi connectivity index (χ2v) is 6.72. The number of nitrogens with zero attached hydrogens (tertiary/aromatic N) is 1. The molecule has 0 aliphatic heterocycles. The van der Waals surface area contributed by atoms with Crippen molar-refractivity contribution >= 4 is 49.9 Å². The number of anilines is 1. The lowest BCUT2D eigenvalue weighted by Crippen LogP contribution is -2.11. The first-order valence-electron chi connectivity index (χ1n) is 6.40. The van der Waals surface area contributed by atoms with E-state index in [0.717, 1.165) is 15.7 Å². The first kappa shape index (κ1) is 15.2. The van der Waals surface area contributed by atoms with Gasteiger partial charge in [-0.1, -0.05) is 45.7 Å². The zero-order valence-corrected chi connectivity index (χ0v) is 14.4. The molecule has 6 heteroatoms. The molecule has 3 rings (SSSR count). The van der Waals surface area contributed by atoms with Crippen LogP contribution in [0.2, 0.25) is 5.02 Å². The largest absolute Gasteiger partial charge is 0.298 e. The molecule has 0 aliphatic rings. The van der Waals surface area contributed by atoms with Crippen molar-refractivity contribution in [1.82, 2.24) is 4.98 Å². The van der Waals surface area contributed by atoms with Gasteiger partial charge in [-0.15, -0.1) is 11.3 Å². The Kier molecular flexibility index (Phi) is 4.57. The fourth-order valence-electron chi connectivity index (χ4n) is 1.91. The molecule has 1 amide bonds. The molecule has 22 heavy (non-hydrogen) atoms. The van der Waals surface area contributed by atoms with Crippen LogP contribution in [0.15, 0.2) is 58.4 Å². The Labute approximate surface area is 145 Å². The normalized spacial score (nSPS) is 10.5. The van der Waals surface area contributed by atoms with Crippen LogP contribution >= 0.6 is 38.9 Å². The van der Waals surface area contributed by atoms with Crippen molar-refractivity contribution in [3.63, 3.8) is 0 Å². The van der Waals surface area contributed by atoms with E-state index in [4.69, 9.17) is 11.6 Å². The van der Waals surface area contributed by atoms with E-state index in [2.05, 4.69) is 26.2 Å². The van der Waals surface area contributed by atoms with E-state index in [1.165, 1.54) is 11.3 Å². The highest BCUT2D eigenvalue weighted by Gasteiger charge is 2.10. The third kappa shape index (κ3) is 3.55. The van der Waals surface area contributed by atoms with E-state index in [-0.39, 0.29) is 5.91 Å². The second kappa shape index (κ2) is 6.60. The number of hydrogen-bond acceptors (Lipinski definition) is 3. The number of rotatable bonds is 3. The summed E-state index contributed by atoms with van der Waals surface area (Å²) in [6, 6.07) is 14.7. The van der Waals surface area contributed by atoms with Gasteiger partial charge in [-0.3, -0.25) is 10.1 Å². The highest BCUT2D eigenvalue weighted by Crippen LogP contribution is 2.27. The van der Waals surface area contributed by atoms with Crippen LogP contribution in [0.3, 0.4) is 0 Å². The van der Waals surface area contributed by atoms with E-state index in [9.17, 15) is 4.79 Å². The van der Waals surface area contributed by atoms with Gasteiger partial charge in [0.25, 0.3) is 5.91 Å². The van der Waals surface area contributed by atoms with Crippen LogP contribution in [-0.2, 0) is 0 Å². The molecular formula is C16H10BrClN2OS. The lowest BCUT2D eigenvalue weighted by atomic mass is 10.2. The summed E-state index contributed by atoms with van der Waals surface area (Å²) in [5, 5.41) is 5.79. The first-order valence-corrected chi connectivity index (χ1v) is 8.45. The summed E-state index contributed by atoms with van der Waals surface area (Å²) in [5.74, 6) is -0.224. The number of halogens is 2. The summed E-state index contributed by atoms with van der Waals surface area (Å²) in [6.07, 6.45) is 0. The third-order valence-electron chi connectivity index (χ3n) is 2.93. The maximum absolute atomic E-state index is 12.2. The number of carbonyl (C=O) groups excluding carboxylic acids is 1. The zero-order chi connectivity index (χ0) is 15.5. The van der Waals surface area contributed by atoms with Gasteiger partial charge in [0.2, 0.25) is 0 Å². The van der Waals surface area contributed by atoms with E-state index < -0.39 is 0 Å². The molecule has 3 nitrogen and oxygen atoms in total. The molecule has 2 aromatic carbocycles. The Morgan fingerprint density at radius 3 is 2.77 bits per heavy atom. The van der Waals surface area contributed by atoms with Crippen LogP contribution in [0, 0.1) is 0 Å². The third-order valence-corrected chi connectivity index (χ3v) is 4.42. The number of aromatic nitrogens is 1. The molecule has 0 saturated heterocycles. The maximum atomic E-state index is 12.2. The second-order valence-electron chi connectivity index (χ2n) is 4.51. The van der Waals surface area contributed by atoms with Crippen molar-refractivity contribution in [3.05, 3.63) is 69.0 Å². The maximum Gasteiger partial charge on any atom is 0.257 e. The minimum Gasteiger partial charge on any atom is -0.298 e. The van der Waals surface area contributed by atoms with Gasteiger partial charge in [-0.2, -0.15) is 0 Å². The molecule has 0 bridgehead atoms. The first-order chi connectivity index (χ1) is 10.6. The summed E-state index contributed by atoms with van der Waals surface area (Å²) in [6.45, 7) is 0. The highest BCUT2D eigenvalue weighted by atomic mass is 79.9. The predicted molar refractivity (Wildman–Crippen MR) is 94.7 cm³/mol. The molecular weight excluding hydrogens is 384 g/mol. The molecule has 1 N–H and O–H groups in total. The molecule has 0 aliphatic carbocycles. The number of benzene rings is 2. The van der Waals surface area contributed by atoms with Crippen LogP contribution in [0.4, 0.5) is 5.13 Å². The van der Waals surface area contributed by atoms with Crippen LogP contribution < -0.4 is 5.32 Å². The van der Waals surface area contributed by atoms with Crippen molar-refractivity contribution < 1.29 is 4.79 Å². The molecule has 110 valence electrons. The van der Waals surface area contributed by atoms with Gasteiger partial charge >= 0.3 is 0 Å². The highest BCUT2D eigenvalue weighted by molar-refractivity contribution is 9.10. The van der Waals surface area contributed by atoms with Crippen molar-refractivity contribution in [2.75, 3.05) is 5.32 Å². The fraction of sp³-hybridized carbons (Fsp3) is 0. The molecule has 1 heterocycles. The lowest BCUT2D eigenvalue weighted by Gasteiger charge is -2.02. The summed E-state index contributed by atoms with van der Waals surface area (Å²) < 4.78 is 0.988. The Hall–Kier alpha value is -1.69. The van der Waals surface area contributed by atoms with Gasteiger partial charge in [0.05, 0.1) is 5.69 Å². The minimum atomic E-state index is -0.224. The average Bonchev–Trinajstić information content (AvgIpc) is 2.96. The van der Waals surface area contributed by atoms with Crippen molar-refractivity contribution in [2.24, 2.45) is 0 Å². The van der Waals surface area contributed by atoms with Gasteiger partial charge in [0.15, 0.2) is 5.13 Å². The van der Waals surface area contributed by atoms with Crippen molar-refractivity contribution in [3.8, 4) is 11.3 Å². The van der Waals surface area contributed by atoms with Crippen LogP contribution in [0.1, 0.15) is 10.4 Å². The number of hydrogen-bond donors (Lipinski definition) is 1. The summed E-state index contributed by atoms with van der Waals surface area (Å²) in [7, 11) is 0. The molecule has 1 aromatic heterocycles. The minimum absolute atomic E-state index is 0.224. The molecule has 3 aromatic rings. The number of amides is 1. The number of thiazole rings is 1. The molecule has 0 saturated carbocycles. The van der Waals surface area contributed by atoms with Gasteiger partial charge in [0.1, 0.15) is 0 Å². The van der Waals surface area contributed by atoms with Crippen molar-refractivity contribution in [2.45, 2.75) is 0 Å². The van der Waals surface area contributed by atoms with Crippen LogP contribution in [-0.4, -0.2) is 10.9 Å². The summed E-state index contributed by atoms with van der Waals surface area (Å²) in [4.78, 5) is 16.6. The molecule has 0 unspecified atom stereocenters. The fourth-order valence-corrected chi connectivity index (χ4v) is 3.21. The van der Waals surface area contributed by atoms with Gasteiger partial charge in [-0.25, -0.2) is 4.98 Å². The predicted octanol–water partition coefficient (Wildman–Crippen LogP) is 5.48. The molecule has 0 fully saturated rings. The summed E-state index contributed by atoms with van der Waals surface area (Å²) >= 11 is 10.7. The summed E-state index contributed by atoms with van der Waals surface area (Å²) in [5.41, 5.74) is 2.33. The average molecular weight is 394 g/mol. The quantitative estimate of drug-likeness (QED) is 0.640. The topological polar surface area (TPSA) is 42.0 Å². The number of nitrogens with one attached hydrogen (secondary N) is 1. The monoisotopic (exact) mass is 392 g/mol. The molecule has 0 radical (unpaired) electrons. The van der Waals surface area contributed by atoms with Crippen LogP contribution in [0.5, 0.6) is 0 Å². The van der Waals surface area contributed by atoms with Gasteiger partial charge < -0.3 is 0 Å².